The van der Waals surface area contributed by atoms with Crippen molar-refractivity contribution in [3.05, 3.63) is 35.9 Å². The largest absolute Gasteiger partial charge is 0.447 e. The van der Waals surface area contributed by atoms with E-state index < -0.39 is 24.0 Å². The van der Waals surface area contributed by atoms with Gasteiger partial charge < -0.3 is 9.53 Å². The molecule has 1 unspecified atom stereocenters. The van der Waals surface area contributed by atoms with E-state index in [0.29, 0.717) is 6.42 Å². The topological polar surface area (TPSA) is 80.8 Å². The lowest BCUT2D eigenvalue weighted by molar-refractivity contribution is -0.139. The number of benzene rings is 1. The summed E-state index contributed by atoms with van der Waals surface area (Å²) in [5, 5.41) is 0. The van der Waals surface area contributed by atoms with E-state index in [1.165, 1.54) is 13.8 Å². The van der Waals surface area contributed by atoms with Crippen molar-refractivity contribution in [1.29, 1.82) is 0 Å². The minimum absolute atomic E-state index is 0.0983. The van der Waals surface area contributed by atoms with Gasteiger partial charge in [-0.3, -0.25) is 9.59 Å². The molecule has 1 aliphatic rings. The van der Waals surface area contributed by atoms with Crippen molar-refractivity contribution >= 4 is 23.6 Å². The van der Waals surface area contributed by atoms with Crippen molar-refractivity contribution in [2.75, 3.05) is 6.61 Å². The summed E-state index contributed by atoms with van der Waals surface area (Å²) >= 11 is 0. The van der Waals surface area contributed by atoms with Crippen LogP contribution >= 0.6 is 0 Å². The molecule has 1 aromatic carbocycles. The second-order valence-electron chi connectivity index (χ2n) is 6.03. The molecule has 0 radical (unpaired) electrons. The Morgan fingerprint density at radius 2 is 1.88 bits per heavy atom. The van der Waals surface area contributed by atoms with Gasteiger partial charge in [0.2, 0.25) is 5.91 Å². The summed E-state index contributed by atoms with van der Waals surface area (Å²) in [7, 11) is 0. The van der Waals surface area contributed by atoms with E-state index in [2.05, 4.69) is 0 Å². The number of carbonyl (C=O) groups is 4. The molecule has 2 amide bonds. The van der Waals surface area contributed by atoms with Crippen LogP contribution in [-0.4, -0.2) is 41.1 Å². The summed E-state index contributed by atoms with van der Waals surface area (Å²) in [5.74, 6) is -2.01. The first-order valence-electron chi connectivity index (χ1n) is 7.93. The van der Waals surface area contributed by atoms with Gasteiger partial charge in [0.05, 0.1) is 12.0 Å². The van der Waals surface area contributed by atoms with Crippen molar-refractivity contribution in [3.63, 3.8) is 0 Å². The number of imide groups is 1. The van der Waals surface area contributed by atoms with E-state index in [-0.39, 0.29) is 31.0 Å². The molecule has 1 aliphatic heterocycles. The summed E-state index contributed by atoms with van der Waals surface area (Å²) in [6, 6.07) is 9.02. The van der Waals surface area contributed by atoms with Gasteiger partial charge in [-0.1, -0.05) is 30.3 Å². The summed E-state index contributed by atoms with van der Waals surface area (Å²) in [4.78, 5) is 48.7. The molecule has 0 saturated carbocycles. The first-order valence-corrected chi connectivity index (χ1v) is 7.93. The van der Waals surface area contributed by atoms with E-state index in [1.54, 1.807) is 0 Å². The Labute approximate surface area is 140 Å². The monoisotopic (exact) mass is 331 g/mol. The summed E-state index contributed by atoms with van der Waals surface area (Å²) in [6.07, 6.45) is -0.0153. The normalized spacial score (nSPS) is 18.2. The number of ether oxygens (including phenoxy) is 1. The van der Waals surface area contributed by atoms with E-state index in [9.17, 15) is 19.2 Å². The van der Waals surface area contributed by atoms with Crippen molar-refractivity contribution in [1.82, 2.24) is 4.90 Å². The van der Waals surface area contributed by atoms with Gasteiger partial charge in [0.15, 0.2) is 0 Å². The molecule has 1 heterocycles. The number of cyclic esters (lactones) is 1. The number of hydrogen-bond donors (Lipinski definition) is 0. The molecule has 128 valence electrons. The summed E-state index contributed by atoms with van der Waals surface area (Å²) < 4.78 is 5.01. The Bertz CT molecular complexity index is 640. The van der Waals surface area contributed by atoms with Crippen LogP contribution in [0.4, 0.5) is 4.79 Å². The minimum Gasteiger partial charge on any atom is -0.447 e. The van der Waals surface area contributed by atoms with Crippen LogP contribution in [0.1, 0.15) is 32.3 Å². The number of nitrogens with zero attached hydrogens (tertiary/aromatic N) is 1. The fourth-order valence-corrected chi connectivity index (χ4v) is 2.78. The molecule has 1 aromatic rings. The van der Waals surface area contributed by atoms with Crippen LogP contribution < -0.4 is 0 Å². The fraction of sp³-hybridized carbons (Fsp3) is 0.444. The number of rotatable bonds is 7. The first kappa shape index (κ1) is 17.8. The highest BCUT2D eigenvalue weighted by molar-refractivity contribution is 6.06. The second-order valence-corrected chi connectivity index (χ2v) is 6.03. The molecule has 24 heavy (non-hydrogen) atoms. The van der Waals surface area contributed by atoms with Crippen LogP contribution in [0.25, 0.3) is 0 Å². The molecule has 0 spiro atoms. The smallest absolute Gasteiger partial charge is 0.417 e. The van der Waals surface area contributed by atoms with E-state index in [4.69, 9.17) is 4.74 Å². The Balaban J connectivity index is 2.15. The van der Waals surface area contributed by atoms with E-state index in [1.807, 2.05) is 30.3 Å². The zero-order valence-electron chi connectivity index (χ0n) is 13.9. The molecule has 0 aliphatic carbocycles. The molecular weight excluding hydrogens is 310 g/mol. The van der Waals surface area contributed by atoms with Gasteiger partial charge in [0.1, 0.15) is 18.2 Å². The highest BCUT2D eigenvalue weighted by atomic mass is 16.6. The zero-order chi connectivity index (χ0) is 17.7. The molecular formula is C18H21NO5. The third kappa shape index (κ3) is 4.28. The second kappa shape index (κ2) is 7.86. The average molecular weight is 331 g/mol. The molecule has 0 aromatic heterocycles. The highest BCUT2D eigenvalue weighted by Crippen LogP contribution is 2.22. The van der Waals surface area contributed by atoms with Crippen LogP contribution in [0.2, 0.25) is 0 Å². The van der Waals surface area contributed by atoms with Crippen molar-refractivity contribution in [3.8, 4) is 0 Å². The maximum absolute atomic E-state index is 12.7. The molecule has 6 heteroatoms. The molecule has 2 atom stereocenters. The van der Waals surface area contributed by atoms with Gasteiger partial charge in [-0.2, -0.15) is 0 Å². The van der Waals surface area contributed by atoms with Gasteiger partial charge in [-0.15, -0.1) is 0 Å². The van der Waals surface area contributed by atoms with Crippen molar-refractivity contribution < 1.29 is 23.9 Å². The van der Waals surface area contributed by atoms with Gasteiger partial charge in [-0.05, 0) is 32.3 Å². The quantitative estimate of drug-likeness (QED) is 0.715. The lowest BCUT2D eigenvalue weighted by Gasteiger charge is -2.23. The van der Waals surface area contributed by atoms with Gasteiger partial charge in [-0.25, -0.2) is 9.69 Å². The fourth-order valence-electron chi connectivity index (χ4n) is 2.78. The van der Waals surface area contributed by atoms with Crippen LogP contribution in [0, 0.1) is 5.92 Å². The Hall–Kier alpha value is -2.50. The number of amides is 2. The predicted molar refractivity (Wildman–Crippen MR) is 86.2 cm³/mol. The number of ketones is 2. The maximum Gasteiger partial charge on any atom is 0.417 e. The van der Waals surface area contributed by atoms with Crippen molar-refractivity contribution in [2.24, 2.45) is 5.92 Å². The third-order valence-corrected chi connectivity index (χ3v) is 4.09. The standard InChI is InChI=1S/C18H21NO5/c1-12(20)8-9-16(13(2)21)17(22)19-15(11-24-18(19)23)10-14-6-4-3-5-7-14/h3-7,15-16H,8-11H2,1-2H3/t15-,16?/m0/s1. The molecule has 6 nitrogen and oxygen atoms in total. The first-order chi connectivity index (χ1) is 11.4. The van der Waals surface area contributed by atoms with Crippen LogP contribution in [0.15, 0.2) is 30.3 Å². The van der Waals surface area contributed by atoms with E-state index >= 15 is 0 Å². The summed E-state index contributed by atoms with van der Waals surface area (Å²) in [5.41, 5.74) is 0.974. The summed E-state index contributed by atoms with van der Waals surface area (Å²) in [6.45, 7) is 2.82. The molecule has 0 bridgehead atoms. The lowest BCUT2D eigenvalue weighted by Crippen LogP contribution is -2.45. The molecule has 2 rings (SSSR count). The van der Waals surface area contributed by atoms with Crippen LogP contribution in [-0.2, 0) is 25.5 Å². The predicted octanol–water partition coefficient (Wildman–Crippen LogP) is 2.15. The van der Waals surface area contributed by atoms with Gasteiger partial charge >= 0.3 is 6.09 Å². The SMILES string of the molecule is CC(=O)CCC(C(C)=O)C(=O)N1C(=O)OC[C@@H]1Cc1ccccc1. The number of hydrogen-bond acceptors (Lipinski definition) is 5. The molecule has 0 N–H and O–H groups in total. The average Bonchev–Trinajstić information content (AvgIpc) is 2.88. The highest BCUT2D eigenvalue weighted by Gasteiger charge is 2.41. The lowest BCUT2D eigenvalue weighted by atomic mass is 9.95. The van der Waals surface area contributed by atoms with Gasteiger partial charge in [0, 0.05) is 6.42 Å². The van der Waals surface area contributed by atoms with Gasteiger partial charge in [0.25, 0.3) is 0 Å². The molecule has 1 saturated heterocycles. The number of Topliss-reactive ketones (excluding diaryl/α,β-unsaturated/α-hetero) is 2. The Morgan fingerprint density at radius 3 is 2.46 bits per heavy atom. The minimum atomic E-state index is -0.988. The van der Waals surface area contributed by atoms with E-state index in [0.717, 1.165) is 10.5 Å². The van der Waals surface area contributed by atoms with Crippen LogP contribution in [0.3, 0.4) is 0 Å². The Morgan fingerprint density at radius 1 is 1.21 bits per heavy atom. The maximum atomic E-state index is 12.7. The Kier molecular flexibility index (Phi) is 5.84. The number of carbonyl (C=O) groups excluding carboxylic acids is 4. The zero-order valence-corrected chi connectivity index (χ0v) is 13.9. The van der Waals surface area contributed by atoms with Crippen molar-refractivity contribution in [2.45, 2.75) is 39.2 Å². The third-order valence-electron chi connectivity index (χ3n) is 4.09. The molecule has 1 fully saturated rings. The van der Waals surface area contributed by atoms with Crippen LogP contribution in [0.5, 0.6) is 0 Å².